The number of rotatable bonds is 6. The number of hydrogen-bond donors (Lipinski definition) is 1. The number of nitrogens with one attached hydrogen (secondary N) is 1. The number of carbonyl (C=O) groups is 1. The van der Waals surface area contributed by atoms with Crippen molar-refractivity contribution >= 4 is 27.5 Å². The molecular weight excluding hydrogens is 459 g/mol. The molecule has 0 spiro atoms. The molecular formula is C20H20ClFN6O3S. The average molecular weight is 479 g/mol. The molecule has 0 saturated carbocycles. The van der Waals surface area contributed by atoms with Gasteiger partial charge in [-0.15, -0.1) is 5.10 Å². The largest absolute Gasteiger partial charge is 0.351 e. The molecule has 168 valence electrons. The summed E-state index contributed by atoms with van der Waals surface area (Å²) in [7, 11) is -2.41. The van der Waals surface area contributed by atoms with Gasteiger partial charge in [0.15, 0.2) is 0 Å². The fourth-order valence-electron chi connectivity index (χ4n) is 3.62. The minimum atomic E-state index is -3.97. The Morgan fingerprint density at radius 2 is 2.03 bits per heavy atom. The van der Waals surface area contributed by atoms with Crippen molar-refractivity contribution in [1.82, 2.24) is 29.4 Å². The van der Waals surface area contributed by atoms with Crippen LogP contribution in [0.2, 0.25) is 5.02 Å². The Labute approximate surface area is 189 Å². The second kappa shape index (κ2) is 8.23. The highest BCUT2D eigenvalue weighted by atomic mass is 35.5. The lowest BCUT2D eigenvalue weighted by atomic mass is 9.77. The molecule has 0 aliphatic carbocycles. The van der Waals surface area contributed by atoms with Crippen molar-refractivity contribution in [3.63, 3.8) is 0 Å². The SMILES string of the molecule is Cc1ccc(C(=O)NCC2(c3ncccc3F)CN(S(=O)(=O)c3ncn(C)n3)C2)c(Cl)c1. The molecule has 1 N–H and O–H groups in total. The van der Waals surface area contributed by atoms with Gasteiger partial charge in [0.2, 0.25) is 0 Å². The summed E-state index contributed by atoms with van der Waals surface area (Å²) >= 11 is 6.18. The summed E-state index contributed by atoms with van der Waals surface area (Å²) < 4.78 is 42.7. The first kappa shape index (κ1) is 22.3. The van der Waals surface area contributed by atoms with Crippen LogP contribution in [0.25, 0.3) is 0 Å². The molecule has 1 fully saturated rings. The maximum absolute atomic E-state index is 14.6. The molecule has 0 radical (unpaired) electrons. The second-order valence-electron chi connectivity index (χ2n) is 7.75. The summed E-state index contributed by atoms with van der Waals surface area (Å²) in [6.07, 6.45) is 2.71. The molecule has 9 nitrogen and oxygen atoms in total. The minimum Gasteiger partial charge on any atom is -0.351 e. The number of sulfonamides is 1. The van der Waals surface area contributed by atoms with Crippen LogP contribution in [0.15, 0.2) is 48.0 Å². The van der Waals surface area contributed by atoms with Crippen molar-refractivity contribution in [2.75, 3.05) is 19.6 Å². The summed E-state index contributed by atoms with van der Waals surface area (Å²) in [4.78, 5) is 20.7. The molecule has 1 amide bonds. The van der Waals surface area contributed by atoms with Crippen LogP contribution in [-0.4, -0.2) is 58.0 Å². The Morgan fingerprint density at radius 1 is 1.28 bits per heavy atom. The molecule has 2 aromatic heterocycles. The van der Waals surface area contributed by atoms with E-state index in [1.165, 1.54) is 29.3 Å². The van der Waals surface area contributed by atoms with E-state index >= 15 is 0 Å². The van der Waals surface area contributed by atoms with Gasteiger partial charge in [-0.2, -0.15) is 4.31 Å². The zero-order valence-corrected chi connectivity index (χ0v) is 18.9. The maximum Gasteiger partial charge on any atom is 0.282 e. The zero-order chi connectivity index (χ0) is 23.1. The Bertz CT molecular complexity index is 1290. The van der Waals surface area contributed by atoms with Crippen LogP contribution in [0.3, 0.4) is 0 Å². The third-order valence-corrected chi connectivity index (χ3v) is 7.22. The lowest BCUT2D eigenvalue weighted by Gasteiger charge is -2.48. The Balaban J connectivity index is 1.59. The van der Waals surface area contributed by atoms with Crippen LogP contribution >= 0.6 is 11.6 Å². The lowest BCUT2D eigenvalue weighted by Crippen LogP contribution is -2.65. The van der Waals surface area contributed by atoms with E-state index in [-0.39, 0.29) is 36.0 Å². The van der Waals surface area contributed by atoms with Crippen molar-refractivity contribution in [1.29, 1.82) is 0 Å². The number of halogens is 2. The van der Waals surface area contributed by atoms with E-state index in [2.05, 4.69) is 20.4 Å². The molecule has 4 rings (SSSR count). The average Bonchev–Trinajstić information content (AvgIpc) is 3.15. The van der Waals surface area contributed by atoms with Gasteiger partial charge in [0.1, 0.15) is 12.1 Å². The van der Waals surface area contributed by atoms with Crippen molar-refractivity contribution in [2.45, 2.75) is 17.5 Å². The molecule has 0 bridgehead atoms. The van der Waals surface area contributed by atoms with E-state index in [1.807, 2.05) is 6.92 Å². The molecule has 12 heteroatoms. The van der Waals surface area contributed by atoms with Crippen molar-refractivity contribution < 1.29 is 17.6 Å². The fourth-order valence-corrected chi connectivity index (χ4v) is 5.42. The van der Waals surface area contributed by atoms with Crippen LogP contribution in [0.4, 0.5) is 4.39 Å². The normalized spacial score (nSPS) is 15.9. The Morgan fingerprint density at radius 3 is 2.66 bits per heavy atom. The summed E-state index contributed by atoms with van der Waals surface area (Å²) in [6, 6.07) is 7.72. The van der Waals surface area contributed by atoms with Gasteiger partial charge in [-0.25, -0.2) is 17.8 Å². The van der Waals surface area contributed by atoms with Gasteiger partial charge in [0, 0.05) is 32.9 Å². The Kier molecular flexibility index (Phi) is 5.74. The van der Waals surface area contributed by atoms with Crippen LogP contribution in [-0.2, 0) is 22.5 Å². The van der Waals surface area contributed by atoms with Crippen LogP contribution in [0.1, 0.15) is 21.6 Å². The topological polar surface area (TPSA) is 110 Å². The quantitative estimate of drug-likeness (QED) is 0.577. The van der Waals surface area contributed by atoms with Gasteiger partial charge in [-0.3, -0.25) is 14.5 Å². The molecule has 1 saturated heterocycles. The highest BCUT2D eigenvalue weighted by molar-refractivity contribution is 7.89. The molecule has 1 aromatic carbocycles. The first-order chi connectivity index (χ1) is 15.1. The lowest BCUT2D eigenvalue weighted by molar-refractivity contribution is 0.0894. The van der Waals surface area contributed by atoms with Gasteiger partial charge in [0.25, 0.3) is 21.1 Å². The smallest absolute Gasteiger partial charge is 0.282 e. The molecule has 3 aromatic rings. The standard InChI is InChI=1S/C20H20ClFN6O3S/c1-13-5-6-14(15(21)8-13)18(29)24-9-20(17-16(22)4-3-7-23-17)10-28(11-20)32(30,31)19-25-12-27(2)26-19/h3-8,12H,9-11H2,1-2H3,(H,24,29). The predicted molar refractivity (Wildman–Crippen MR) is 114 cm³/mol. The van der Waals surface area contributed by atoms with E-state index < -0.39 is 27.2 Å². The first-order valence-electron chi connectivity index (χ1n) is 9.63. The number of amides is 1. The minimum absolute atomic E-state index is 0.0361. The van der Waals surface area contributed by atoms with Crippen LogP contribution < -0.4 is 5.32 Å². The number of pyridine rings is 1. The van der Waals surface area contributed by atoms with E-state index in [1.54, 1.807) is 25.2 Å². The molecule has 0 unspecified atom stereocenters. The number of nitrogens with zero attached hydrogens (tertiary/aromatic N) is 5. The maximum atomic E-state index is 14.6. The first-order valence-corrected chi connectivity index (χ1v) is 11.5. The summed E-state index contributed by atoms with van der Waals surface area (Å²) in [5.74, 6) is -1.03. The van der Waals surface area contributed by atoms with E-state index in [4.69, 9.17) is 11.6 Å². The number of benzene rings is 1. The number of aromatic nitrogens is 4. The fraction of sp³-hybridized carbons (Fsp3) is 0.300. The van der Waals surface area contributed by atoms with E-state index in [0.29, 0.717) is 5.02 Å². The number of aryl methyl sites for hydroxylation is 2. The van der Waals surface area contributed by atoms with Crippen LogP contribution in [0, 0.1) is 12.7 Å². The van der Waals surface area contributed by atoms with E-state index in [9.17, 15) is 17.6 Å². The molecule has 0 atom stereocenters. The summed E-state index contributed by atoms with van der Waals surface area (Å²) in [6.45, 7) is 1.63. The monoisotopic (exact) mass is 478 g/mol. The van der Waals surface area contributed by atoms with Gasteiger partial charge < -0.3 is 5.32 Å². The van der Waals surface area contributed by atoms with Gasteiger partial charge in [-0.1, -0.05) is 17.7 Å². The van der Waals surface area contributed by atoms with Crippen LogP contribution in [0.5, 0.6) is 0 Å². The van der Waals surface area contributed by atoms with Crippen molar-refractivity contribution in [3.8, 4) is 0 Å². The molecule has 1 aliphatic rings. The van der Waals surface area contributed by atoms with Gasteiger partial charge in [0.05, 0.1) is 21.7 Å². The van der Waals surface area contributed by atoms with Crippen molar-refractivity contribution in [3.05, 3.63) is 70.5 Å². The number of carbonyl (C=O) groups excluding carboxylic acids is 1. The van der Waals surface area contributed by atoms with Gasteiger partial charge in [-0.05, 0) is 36.8 Å². The number of hydrogen-bond acceptors (Lipinski definition) is 6. The molecule has 32 heavy (non-hydrogen) atoms. The highest BCUT2D eigenvalue weighted by Gasteiger charge is 2.52. The highest BCUT2D eigenvalue weighted by Crippen LogP contribution is 2.37. The predicted octanol–water partition coefficient (Wildman–Crippen LogP) is 1.68. The molecule has 1 aliphatic heterocycles. The zero-order valence-electron chi connectivity index (χ0n) is 17.3. The summed E-state index contributed by atoms with van der Waals surface area (Å²) in [5.41, 5.74) is 0.202. The molecule has 3 heterocycles. The third-order valence-electron chi connectivity index (χ3n) is 5.32. The Hall–Kier alpha value is -2.89. The van der Waals surface area contributed by atoms with Crippen molar-refractivity contribution in [2.24, 2.45) is 7.05 Å². The third kappa shape index (κ3) is 3.98. The van der Waals surface area contributed by atoms with Gasteiger partial charge >= 0.3 is 0 Å². The van der Waals surface area contributed by atoms with E-state index in [0.717, 1.165) is 9.87 Å². The second-order valence-corrected chi connectivity index (χ2v) is 9.99. The summed E-state index contributed by atoms with van der Waals surface area (Å²) in [5, 5.41) is 6.56.